The third kappa shape index (κ3) is 7.14. The normalized spacial score (nSPS) is 13.6. The van der Waals surface area contributed by atoms with E-state index in [0.29, 0.717) is 0 Å². The first-order chi connectivity index (χ1) is 15.1. The molecule has 0 aliphatic carbocycles. The van der Waals surface area contributed by atoms with Crippen molar-refractivity contribution in [3.05, 3.63) is 59.7 Å². The first-order valence-corrected chi connectivity index (χ1v) is 12.6. The molecule has 2 atom stereocenters. The standard InChI is InChI=1S/C22H24N2O6S2/c1-17-7-11-19(12-8-17)31(25,26)29-21(5-3-15-23)22(6-4-16-24)30-32(27,28)20-13-9-18(2)10-14-20/h7-14,21-22H,3-6H2,1-2H3. The summed E-state index contributed by atoms with van der Waals surface area (Å²) >= 11 is 0. The first kappa shape index (κ1) is 25.5. The summed E-state index contributed by atoms with van der Waals surface area (Å²) in [5, 5.41) is 18.0. The molecule has 2 aromatic carbocycles. The Balaban J connectivity index is 2.37. The minimum Gasteiger partial charge on any atom is -0.260 e. The molecule has 0 aliphatic rings. The van der Waals surface area contributed by atoms with Crippen LogP contribution < -0.4 is 0 Å². The molecule has 0 heterocycles. The summed E-state index contributed by atoms with van der Waals surface area (Å²) in [7, 11) is -8.54. The van der Waals surface area contributed by atoms with Gasteiger partial charge in [0.05, 0.1) is 21.9 Å². The van der Waals surface area contributed by atoms with Gasteiger partial charge in [-0.25, -0.2) is 0 Å². The van der Waals surface area contributed by atoms with Gasteiger partial charge in [0.15, 0.2) is 0 Å². The smallest absolute Gasteiger partial charge is 0.260 e. The van der Waals surface area contributed by atoms with Crippen LogP contribution in [-0.4, -0.2) is 29.0 Å². The molecule has 0 spiro atoms. The second-order valence-corrected chi connectivity index (χ2v) is 10.3. The van der Waals surface area contributed by atoms with Gasteiger partial charge in [-0.3, -0.25) is 8.37 Å². The van der Waals surface area contributed by atoms with E-state index in [0.717, 1.165) is 11.1 Å². The van der Waals surface area contributed by atoms with E-state index in [2.05, 4.69) is 0 Å². The topological polar surface area (TPSA) is 134 Å². The number of nitrogens with zero attached hydrogens (tertiary/aromatic N) is 2. The molecule has 0 aliphatic heterocycles. The van der Waals surface area contributed by atoms with Crippen molar-refractivity contribution in [3.63, 3.8) is 0 Å². The molecule has 170 valence electrons. The SMILES string of the molecule is Cc1ccc(S(=O)(=O)OC(CCC#N)C(CCC#N)OS(=O)(=O)c2ccc(C)cc2)cc1. The average Bonchev–Trinajstić information content (AvgIpc) is 2.74. The average molecular weight is 477 g/mol. The number of hydrogen-bond donors (Lipinski definition) is 0. The minimum absolute atomic E-state index is 0.0922. The summed E-state index contributed by atoms with van der Waals surface area (Å²) in [5.74, 6) is 0. The molecule has 8 nitrogen and oxygen atoms in total. The fourth-order valence-corrected chi connectivity index (χ4v) is 5.10. The molecule has 0 saturated heterocycles. The predicted octanol–water partition coefficient (Wildman–Crippen LogP) is 3.76. The van der Waals surface area contributed by atoms with Crippen LogP contribution >= 0.6 is 0 Å². The maximum absolute atomic E-state index is 12.8. The molecule has 0 aromatic heterocycles. The monoisotopic (exact) mass is 476 g/mol. The van der Waals surface area contributed by atoms with Crippen LogP contribution in [0.1, 0.15) is 36.8 Å². The Kier molecular flexibility index (Phi) is 8.93. The molecule has 0 fully saturated rings. The number of aryl methyl sites for hydroxylation is 2. The Morgan fingerprint density at radius 2 is 1.00 bits per heavy atom. The highest BCUT2D eigenvalue weighted by molar-refractivity contribution is 7.87. The van der Waals surface area contributed by atoms with Crippen molar-refractivity contribution in [2.45, 2.75) is 61.5 Å². The molecule has 0 radical (unpaired) electrons. The number of nitriles is 2. The summed E-state index contributed by atoms with van der Waals surface area (Å²) in [4.78, 5) is -0.212. The molecule has 0 N–H and O–H groups in total. The van der Waals surface area contributed by atoms with Gasteiger partial charge in [-0.15, -0.1) is 0 Å². The summed E-state index contributed by atoms with van der Waals surface area (Å²) < 4.78 is 61.9. The van der Waals surface area contributed by atoms with Crippen LogP contribution in [0.15, 0.2) is 58.3 Å². The van der Waals surface area contributed by atoms with Crippen molar-refractivity contribution in [2.75, 3.05) is 0 Å². The van der Waals surface area contributed by atoms with Gasteiger partial charge < -0.3 is 0 Å². The van der Waals surface area contributed by atoms with E-state index < -0.39 is 32.4 Å². The lowest BCUT2D eigenvalue weighted by Crippen LogP contribution is -2.35. The van der Waals surface area contributed by atoms with E-state index in [9.17, 15) is 16.8 Å². The highest BCUT2D eigenvalue weighted by Crippen LogP contribution is 2.26. The van der Waals surface area contributed by atoms with Crippen molar-refractivity contribution in [1.82, 2.24) is 0 Å². The third-order valence-electron chi connectivity index (χ3n) is 4.62. The Labute approximate surface area is 189 Å². The lowest BCUT2D eigenvalue weighted by atomic mass is 10.1. The quantitative estimate of drug-likeness (QED) is 0.447. The molecule has 32 heavy (non-hydrogen) atoms. The van der Waals surface area contributed by atoms with Crippen LogP contribution in [-0.2, 0) is 28.6 Å². The van der Waals surface area contributed by atoms with Gasteiger partial charge in [-0.2, -0.15) is 27.4 Å². The number of benzene rings is 2. The summed E-state index contributed by atoms with van der Waals surface area (Å²) in [6.45, 7) is 3.60. The fraction of sp³-hybridized carbons (Fsp3) is 0.364. The highest BCUT2D eigenvalue weighted by atomic mass is 32.2. The first-order valence-electron chi connectivity index (χ1n) is 9.83. The molecule has 2 unspecified atom stereocenters. The van der Waals surface area contributed by atoms with Crippen LogP contribution in [0.4, 0.5) is 0 Å². The van der Waals surface area contributed by atoms with Crippen molar-refractivity contribution in [2.24, 2.45) is 0 Å². The Morgan fingerprint density at radius 3 is 1.28 bits per heavy atom. The number of rotatable bonds is 11. The van der Waals surface area contributed by atoms with Crippen LogP contribution in [0.5, 0.6) is 0 Å². The van der Waals surface area contributed by atoms with Gasteiger partial charge in [0.2, 0.25) is 0 Å². The molecule has 0 saturated carbocycles. The maximum atomic E-state index is 12.8. The summed E-state index contributed by atoms with van der Waals surface area (Å²) in [5.41, 5.74) is 1.70. The van der Waals surface area contributed by atoms with Gasteiger partial charge in [0.1, 0.15) is 12.2 Å². The lowest BCUT2D eigenvalue weighted by Gasteiger charge is -2.25. The van der Waals surface area contributed by atoms with Gasteiger partial charge in [0, 0.05) is 12.8 Å². The number of hydrogen-bond acceptors (Lipinski definition) is 8. The van der Waals surface area contributed by atoms with Crippen molar-refractivity contribution >= 4 is 20.2 Å². The lowest BCUT2D eigenvalue weighted by molar-refractivity contribution is 0.0532. The largest absolute Gasteiger partial charge is 0.297 e. The zero-order valence-electron chi connectivity index (χ0n) is 17.8. The van der Waals surface area contributed by atoms with E-state index in [-0.39, 0.29) is 35.5 Å². The molecule has 0 bridgehead atoms. The summed E-state index contributed by atoms with van der Waals surface area (Å²) in [6.07, 6.45) is -2.94. The molecule has 0 amide bonds. The fourth-order valence-electron chi connectivity index (χ4n) is 2.85. The second kappa shape index (κ2) is 11.2. The van der Waals surface area contributed by atoms with Crippen LogP contribution in [0.3, 0.4) is 0 Å². The van der Waals surface area contributed by atoms with Crippen molar-refractivity contribution in [3.8, 4) is 12.1 Å². The van der Waals surface area contributed by atoms with Gasteiger partial charge >= 0.3 is 0 Å². The Hall–Kier alpha value is -2.76. The van der Waals surface area contributed by atoms with Gasteiger partial charge in [0.25, 0.3) is 20.2 Å². The molecular formula is C22H24N2O6S2. The molecule has 2 rings (SSSR count). The van der Waals surface area contributed by atoms with Gasteiger partial charge in [-0.1, -0.05) is 35.4 Å². The molecule has 2 aromatic rings. The maximum Gasteiger partial charge on any atom is 0.297 e. The zero-order chi connectivity index (χ0) is 23.8. The predicted molar refractivity (Wildman–Crippen MR) is 116 cm³/mol. The third-order valence-corrected chi connectivity index (χ3v) is 7.32. The highest BCUT2D eigenvalue weighted by Gasteiger charge is 2.33. The second-order valence-electron chi connectivity index (χ2n) is 7.20. The Bertz CT molecular complexity index is 1100. The van der Waals surface area contributed by atoms with Crippen LogP contribution in [0.25, 0.3) is 0 Å². The molecule has 10 heteroatoms. The molecular weight excluding hydrogens is 452 g/mol. The van der Waals surface area contributed by atoms with E-state index >= 15 is 0 Å². The van der Waals surface area contributed by atoms with Crippen LogP contribution in [0.2, 0.25) is 0 Å². The van der Waals surface area contributed by atoms with Crippen molar-refractivity contribution < 1.29 is 25.2 Å². The Morgan fingerprint density at radius 1 is 0.688 bits per heavy atom. The van der Waals surface area contributed by atoms with Crippen molar-refractivity contribution in [1.29, 1.82) is 10.5 Å². The van der Waals surface area contributed by atoms with E-state index in [4.69, 9.17) is 18.9 Å². The minimum atomic E-state index is -4.27. The van der Waals surface area contributed by atoms with E-state index in [1.54, 1.807) is 38.1 Å². The van der Waals surface area contributed by atoms with E-state index in [1.165, 1.54) is 24.3 Å². The van der Waals surface area contributed by atoms with Crippen LogP contribution in [0, 0.1) is 36.5 Å². The van der Waals surface area contributed by atoms with Gasteiger partial charge in [-0.05, 0) is 51.0 Å². The summed E-state index contributed by atoms with van der Waals surface area (Å²) in [6, 6.07) is 15.7. The van der Waals surface area contributed by atoms with E-state index in [1.807, 2.05) is 12.1 Å². The zero-order valence-corrected chi connectivity index (χ0v) is 19.4.